The van der Waals surface area contributed by atoms with E-state index in [-0.39, 0.29) is 6.42 Å². The lowest BCUT2D eigenvalue weighted by Crippen LogP contribution is -2.16. The van der Waals surface area contributed by atoms with Crippen molar-refractivity contribution in [3.05, 3.63) is 90.3 Å². The quantitative estimate of drug-likeness (QED) is 0.305. The first-order chi connectivity index (χ1) is 18.6. The zero-order valence-electron chi connectivity index (χ0n) is 20.7. The highest BCUT2D eigenvalue weighted by molar-refractivity contribution is 5.81. The number of benzene rings is 1. The standard InChI is InChI=1S/C28H27N7O3/c36-27(37)15-26(21-17-31-34(18-21)23-7-11-29-12-8-23)35-25-6-5-24(14-20(25)16-32-35)38-13-9-22-4-3-19-2-1-10-30-28(19)33-22/h3-8,11-12,14,16-18,26H,1-2,9-10,13,15H2,(H,30,33)(H,36,37). The Kier molecular flexibility index (Phi) is 6.43. The molecule has 10 heteroatoms. The number of ether oxygens (including phenoxy) is 1. The second-order valence-corrected chi connectivity index (χ2v) is 9.29. The Morgan fingerprint density at radius 3 is 2.87 bits per heavy atom. The molecular weight excluding hydrogens is 482 g/mol. The summed E-state index contributed by atoms with van der Waals surface area (Å²) in [5.74, 6) is 0.805. The first-order valence-electron chi connectivity index (χ1n) is 12.6. The number of anilines is 1. The lowest BCUT2D eigenvalue weighted by Gasteiger charge is -2.17. The van der Waals surface area contributed by atoms with Gasteiger partial charge in [0.2, 0.25) is 0 Å². The minimum Gasteiger partial charge on any atom is -0.493 e. The Morgan fingerprint density at radius 1 is 1.11 bits per heavy atom. The summed E-state index contributed by atoms with van der Waals surface area (Å²) in [7, 11) is 0. The number of nitrogens with zero attached hydrogens (tertiary/aromatic N) is 6. The van der Waals surface area contributed by atoms with Crippen LogP contribution in [0.3, 0.4) is 0 Å². The van der Waals surface area contributed by atoms with E-state index in [4.69, 9.17) is 9.72 Å². The predicted octanol–water partition coefficient (Wildman–Crippen LogP) is 4.06. The van der Waals surface area contributed by atoms with Gasteiger partial charge in [-0.1, -0.05) is 6.07 Å². The monoisotopic (exact) mass is 509 g/mol. The molecule has 4 aromatic heterocycles. The fourth-order valence-electron chi connectivity index (χ4n) is 4.81. The molecule has 192 valence electrons. The smallest absolute Gasteiger partial charge is 0.305 e. The Hall–Kier alpha value is -4.73. The van der Waals surface area contributed by atoms with Gasteiger partial charge in [0.25, 0.3) is 0 Å². The summed E-state index contributed by atoms with van der Waals surface area (Å²) in [6.45, 7) is 1.47. The molecule has 1 aliphatic heterocycles. The van der Waals surface area contributed by atoms with Crippen molar-refractivity contribution in [2.75, 3.05) is 18.5 Å². The number of aryl methyl sites for hydroxylation is 1. The normalized spacial score (nSPS) is 13.6. The summed E-state index contributed by atoms with van der Waals surface area (Å²) in [6.07, 6.45) is 11.4. The third kappa shape index (κ3) is 4.93. The van der Waals surface area contributed by atoms with Gasteiger partial charge in [-0.2, -0.15) is 10.2 Å². The van der Waals surface area contributed by atoms with Crippen LogP contribution in [0.1, 0.15) is 35.7 Å². The Balaban J connectivity index is 1.19. The molecule has 5 aromatic rings. The van der Waals surface area contributed by atoms with E-state index in [1.807, 2.05) is 36.5 Å². The zero-order valence-corrected chi connectivity index (χ0v) is 20.7. The molecule has 10 nitrogen and oxygen atoms in total. The van der Waals surface area contributed by atoms with E-state index in [2.05, 4.69) is 32.6 Å². The number of pyridine rings is 2. The number of hydrogen-bond acceptors (Lipinski definition) is 7. The largest absolute Gasteiger partial charge is 0.493 e. The van der Waals surface area contributed by atoms with Crippen molar-refractivity contribution < 1.29 is 14.6 Å². The van der Waals surface area contributed by atoms with E-state index in [0.29, 0.717) is 13.0 Å². The van der Waals surface area contributed by atoms with Crippen molar-refractivity contribution in [3.63, 3.8) is 0 Å². The maximum Gasteiger partial charge on any atom is 0.305 e. The highest BCUT2D eigenvalue weighted by Crippen LogP contribution is 2.29. The first-order valence-corrected chi connectivity index (χ1v) is 12.6. The third-order valence-electron chi connectivity index (χ3n) is 6.72. The van der Waals surface area contributed by atoms with Gasteiger partial charge in [0.1, 0.15) is 11.6 Å². The number of carboxylic acids is 1. The molecule has 0 radical (unpaired) electrons. The number of hydrogen-bond donors (Lipinski definition) is 2. The number of nitrogens with one attached hydrogen (secondary N) is 1. The molecule has 0 aliphatic carbocycles. The molecule has 0 spiro atoms. The first kappa shape index (κ1) is 23.7. The minimum atomic E-state index is -0.916. The number of aliphatic carboxylic acids is 1. The van der Waals surface area contributed by atoms with E-state index < -0.39 is 12.0 Å². The lowest BCUT2D eigenvalue weighted by molar-refractivity contribution is -0.137. The summed E-state index contributed by atoms with van der Waals surface area (Å²) >= 11 is 0. The predicted molar refractivity (Wildman–Crippen MR) is 142 cm³/mol. The molecule has 0 saturated carbocycles. The van der Waals surface area contributed by atoms with Gasteiger partial charge < -0.3 is 15.2 Å². The Bertz CT molecular complexity index is 1580. The van der Waals surface area contributed by atoms with Gasteiger partial charge >= 0.3 is 5.97 Å². The van der Waals surface area contributed by atoms with E-state index in [9.17, 15) is 9.90 Å². The van der Waals surface area contributed by atoms with Crippen LogP contribution in [0.15, 0.2) is 73.4 Å². The van der Waals surface area contributed by atoms with Crippen molar-refractivity contribution in [3.8, 4) is 11.4 Å². The molecule has 1 atom stereocenters. The fourth-order valence-corrected chi connectivity index (χ4v) is 4.81. The van der Waals surface area contributed by atoms with Gasteiger partial charge in [-0.05, 0) is 54.8 Å². The topological polar surface area (TPSA) is 120 Å². The zero-order chi connectivity index (χ0) is 25.9. The van der Waals surface area contributed by atoms with Gasteiger partial charge in [-0.25, -0.2) is 9.67 Å². The van der Waals surface area contributed by atoms with Crippen LogP contribution in [0.4, 0.5) is 5.82 Å². The van der Waals surface area contributed by atoms with Crippen LogP contribution in [0, 0.1) is 0 Å². The van der Waals surface area contributed by atoms with Crippen LogP contribution in [-0.4, -0.2) is 53.8 Å². The molecule has 0 fully saturated rings. The average Bonchev–Trinajstić information content (AvgIpc) is 3.60. The Labute approximate surface area is 218 Å². The number of fused-ring (bicyclic) bond motifs is 2. The number of carbonyl (C=O) groups is 1. The second-order valence-electron chi connectivity index (χ2n) is 9.29. The van der Waals surface area contributed by atoms with E-state index in [0.717, 1.165) is 58.8 Å². The molecule has 38 heavy (non-hydrogen) atoms. The number of carboxylic acid groups (broad SMARTS) is 1. The molecule has 0 bridgehead atoms. The van der Waals surface area contributed by atoms with Crippen molar-refractivity contribution >= 4 is 22.7 Å². The molecule has 0 saturated heterocycles. The van der Waals surface area contributed by atoms with Crippen molar-refractivity contribution in [2.24, 2.45) is 0 Å². The maximum absolute atomic E-state index is 11.8. The SMILES string of the molecule is O=C(O)CC(c1cnn(-c2ccncc2)c1)n1ncc2cc(OCCc3ccc4c(n3)NCCC4)ccc21. The van der Waals surface area contributed by atoms with Crippen molar-refractivity contribution in [2.45, 2.75) is 31.7 Å². The fraction of sp³-hybridized carbons (Fsp3) is 0.250. The molecule has 2 N–H and O–H groups in total. The number of rotatable bonds is 9. The van der Waals surface area contributed by atoms with Gasteiger partial charge in [0.05, 0.1) is 42.7 Å². The summed E-state index contributed by atoms with van der Waals surface area (Å²) in [4.78, 5) is 20.5. The van der Waals surface area contributed by atoms with Crippen LogP contribution >= 0.6 is 0 Å². The second kappa shape index (κ2) is 10.3. The summed E-state index contributed by atoms with van der Waals surface area (Å²) in [6, 6.07) is 13.1. The molecule has 1 aliphatic rings. The van der Waals surface area contributed by atoms with Crippen LogP contribution in [-0.2, 0) is 17.6 Å². The van der Waals surface area contributed by atoms with E-state index in [1.165, 1.54) is 5.56 Å². The summed E-state index contributed by atoms with van der Waals surface area (Å²) < 4.78 is 9.47. The molecule has 1 unspecified atom stereocenters. The van der Waals surface area contributed by atoms with Crippen LogP contribution < -0.4 is 10.1 Å². The highest BCUT2D eigenvalue weighted by atomic mass is 16.5. The minimum absolute atomic E-state index is 0.125. The third-order valence-corrected chi connectivity index (χ3v) is 6.72. The van der Waals surface area contributed by atoms with Gasteiger partial charge in [0, 0.05) is 48.2 Å². The molecule has 6 rings (SSSR count). The maximum atomic E-state index is 11.8. The van der Waals surface area contributed by atoms with Crippen LogP contribution in [0.2, 0.25) is 0 Å². The molecule has 0 amide bonds. The van der Waals surface area contributed by atoms with E-state index in [1.54, 1.807) is 34.2 Å². The van der Waals surface area contributed by atoms with Gasteiger partial charge in [0.15, 0.2) is 0 Å². The Morgan fingerprint density at radius 2 is 2.00 bits per heavy atom. The summed E-state index contributed by atoms with van der Waals surface area (Å²) in [5.41, 5.74) is 4.68. The molecule has 1 aromatic carbocycles. The van der Waals surface area contributed by atoms with Crippen LogP contribution in [0.5, 0.6) is 5.75 Å². The lowest BCUT2D eigenvalue weighted by atomic mass is 10.1. The molecular formula is C28H27N7O3. The van der Waals surface area contributed by atoms with Crippen LogP contribution in [0.25, 0.3) is 16.6 Å². The number of aromatic nitrogens is 6. The van der Waals surface area contributed by atoms with Gasteiger partial charge in [-0.15, -0.1) is 0 Å². The van der Waals surface area contributed by atoms with Crippen molar-refractivity contribution in [1.82, 2.24) is 29.5 Å². The average molecular weight is 510 g/mol. The van der Waals surface area contributed by atoms with Gasteiger partial charge in [-0.3, -0.25) is 14.5 Å². The van der Waals surface area contributed by atoms with E-state index >= 15 is 0 Å². The summed E-state index contributed by atoms with van der Waals surface area (Å²) in [5, 5.41) is 22.9. The van der Waals surface area contributed by atoms with Crippen molar-refractivity contribution in [1.29, 1.82) is 0 Å². The molecule has 5 heterocycles. The highest BCUT2D eigenvalue weighted by Gasteiger charge is 2.22.